The van der Waals surface area contributed by atoms with Crippen LogP contribution in [0.1, 0.15) is 28.8 Å². The highest BCUT2D eigenvalue weighted by atomic mass is 35.5. The fraction of sp³-hybridized carbons (Fsp3) is 0.350. The van der Waals surface area contributed by atoms with Crippen LogP contribution >= 0.6 is 11.6 Å². The largest absolute Gasteiger partial charge is 0.332 e. The minimum Gasteiger partial charge on any atom is -0.332 e. The van der Waals surface area contributed by atoms with Crippen molar-refractivity contribution in [2.75, 3.05) is 30.2 Å². The van der Waals surface area contributed by atoms with E-state index in [1.807, 2.05) is 26.8 Å². The van der Waals surface area contributed by atoms with Crippen molar-refractivity contribution in [3.05, 3.63) is 46.4 Å². The number of nitrogens with one attached hydrogen (secondary N) is 2. The summed E-state index contributed by atoms with van der Waals surface area (Å²) in [7, 11) is 0. The smallest absolute Gasteiger partial charge is 0.256 e. The summed E-state index contributed by atoms with van der Waals surface area (Å²) in [6.07, 6.45) is 2.33. The number of hydrazone groups is 1. The van der Waals surface area contributed by atoms with Crippen molar-refractivity contribution < 1.29 is 9.63 Å². The minimum absolute atomic E-state index is 0.163. The molecule has 2 aromatic rings. The molecule has 1 aliphatic heterocycles. The zero-order valence-electron chi connectivity index (χ0n) is 17.1. The molecule has 30 heavy (non-hydrogen) atoms. The Kier molecular flexibility index (Phi) is 6.96. The number of aromatic nitrogens is 2. The summed E-state index contributed by atoms with van der Waals surface area (Å²) in [6, 6.07) is 6.67. The van der Waals surface area contributed by atoms with E-state index in [1.54, 1.807) is 28.2 Å². The number of aryl methyl sites for hydroxylation is 2. The molecule has 0 unspecified atom stereocenters. The van der Waals surface area contributed by atoms with E-state index < -0.39 is 0 Å². The van der Waals surface area contributed by atoms with Crippen LogP contribution in [0.25, 0.3) is 0 Å². The standard InChI is InChI=1S/C20H24ClN7O2/c1-13-10-19(25-15(3)24-13)28-9-8-27(14(2)12-30-28)20(29)17-11-16(21)4-5-18(17)26-23-7-6-22/h4-7,10-11,14,22,26H,8-9,12H2,1-3H3/b22-6?,23-7-/t14-/m1/s1. The molecule has 0 radical (unpaired) electrons. The van der Waals surface area contributed by atoms with E-state index in [0.717, 1.165) is 11.9 Å². The molecule has 0 spiro atoms. The van der Waals surface area contributed by atoms with Crippen molar-refractivity contribution in [1.29, 1.82) is 5.41 Å². The number of amides is 1. The maximum atomic E-state index is 13.4. The van der Waals surface area contributed by atoms with Crippen LogP contribution in [0.4, 0.5) is 11.5 Å². The predicted octanol–water partition coefficient (Wildman–Crippen LogP) is 3.08. The first-order valence-electron chi connectivity index (χ1n) is 9.50. The predicted molar refractivity (Wildman–Crippen MR) is 118 cm³/mol. The number of hydrogen-bond acceptors (Lipinski definition) is 8. The SMILES string of the molecule is Cc1cc(N2CCN(C(=O)c3cc(Cl)ccc3N/N=C\C=N)[C@H](C)CO2)nc(C)n1. The highest BCUT2D eigenvalue weighted by molar-refractivity contribution is 6.31. The fourth-order valence-corrected chi connectivity index (χ4v) is 3.34. The normalized spacial score (nSPS) is 17.1. The number of hydrogen-bond donors (Lipinski definition) is 2. The molecule has 10 heteroatoms. The second kappa shape index (κ2) is 9.64. The molecule has 1 aromatic heterocycles. The van der Waals surface area contributed by atoms with Gasteiger partial charge in [0.1, 0.15) is 5.82 Å². The molecular weight excluding hydrogens is 406 g/mol. The molecule has 1 fully saturated rings. The Labute approximate surface area is 180 Å². The molecule has 158 valence electrons. The van der Waals surface area contributed by atoms with Crippen molar-refractivity contribution in [1.82, 2.24) is 14.9 Å². The summed E-state index contributed by atoms with van der Waals surface area (Å²) in [4.78, 5) is 29.8. The molecule has 1 aliphatic rings. The van der Waals surface area contributed by atoms with Gasteiger partial charge in [-0.1, -0.05) is 11.6 Å². The first-order chi connectivity index (χ1) is 14.4. The molecule has 2 N–H and O–H groups in total. The van der Waals surface area contributed by atoms with E-state index >= 15 is 0 Å². The van der Waals surface area contributed by atoms with Crippen LogP contribution in [0.2, 0.25) is 5.02 Å². The van der Waals surface area contributed by atoms with Gasteiger partial charge >= 0.3 is 0 Å². The molecule has 0 aliphatic carbocycles. The van der Waals surface area contributed by atoms with Crippen molar-refractivity contribution in [3.63, 3.8) is 0 Å². The Bertz CT molecular complexity index is 946. The van der Waals surface area contributed by atoms with E-state index in [0.29, 0.717) is 47.6 Å². The van der Waals surface area contributed by atoms with E-state index in [1.165, 1.54) is 6.21 Å². The van der Waals surface area contributed by atoms with Gasteiger partial charge in [-0.3, -0.25) is 15.1 Å². The third-order valence-electron chi connectivity index (χ3n) is 4.56. The number of anilines is 2. The summed E-state index contributed by atoms with van der Waals surface area (Å²) in [5.41, 5.74) is 4.56. The first-order valence-corrected chi connectivity index (χ1v) is 9.88. The highest BCUT2D eigenvalue weighted by Gasteiger charge is 2.28. The van der Waals surface area contributed by atoms with E-state index in [9.17, 15) is 4.79 Å². The maximum Gasteiger partial charge on any atom is 0.256 e. The number of benzene rings is 1. The van der Waals surface area contributed by atoms with Crippen molar-refractivity contribution in [2.24, 2.45) is 5.10 Å². The van der Waals surface area contributed by atoms with Gasteiger partial charge in [-0.25, -0.2) is 15.0 Å². The van der Waals surface area contributed by atoms with Gasteiger partial charge in [0.2, 0.25) is 0 Å². The Balaban J connectivity index is 1.82. The summed E-state index contributed by atoms with van der Waals surface area (Å²) < 4.78 is 0. The number of carbonyl (C=O) groups excluding carboxylic acids is 1. The molecule has 2 heterocycles. The highest BCUT2D eigenvalue weighted by Crippen LogP contribution is 2.25. The number of nitrogens with zero attached hydrogens (tertiary/aromatic N) is 5. The Hall–Kier alpha value is -3.04. The second-order valence-corrected chi connectivity index (χ2v) is 7.34. The number of halogens is 1. The van der Waals surface area contributed by atoms with Gasteiger partial charge in [0, 0.05) is 29.5 Å². The van der Waals surface area contributed by atoms with Crippen LogP contribution in [0.15, 0.2) is 29.4 Å². The third kappa shape index (κ3) is 5.11. The molecule has 1 atom stereocenters. The van der Waals surface area contributed by atoms with Gasteiger partial charge in [-0.05, 0) is 39.0 Å². The Morgan fingerprint density at radius 3 is 2.87 bits per heavy atom. The van der Waals surface area contributed by atoms with Gasteiger partial charge in [-0.2, -0.15) is 5.10 Å². The van der Waals surface area contributed by atoms with E-state index in [4.69, 9.17) is 21.8 Å². The van der Waals surface area contributed by atoms with E-state index in [2.05, 4.69) is 20.5 Å². The summed E-state index contributed by atoms with van der Waals surface area (Å²) in [5.74, 6) is 1.16. The van der Waals surface area contributed by atoms with Crippen LogP contribution in [0.5, 0.6) is 0 Å². The average Bonchev–Trinajstić information content (AvgIpc) is 2.89. The molecule has 0 bridgehead atoms. The number of hydroxylamine groups is 1. The molecule has 1 aromatic carbocycles. The summed E-state index contributed by atoms with van der Waals surface area (Å²) in [6.45, 7) is 6.90. The topological polar surface area (TPSA) is 107 Å². The van der Waals surface area contributed by atoms with Crippen LogP contribution in [-0.2, 0) is 4.84 Å². The third-order valence-corrected chi connectivity index (χ3v) is 4.80. The van der Waals surface area contributed by atoms with Crippen molar-refractivity contribution >= 4 is 41.4 Å². The Morgan fingerprint density at radius 1 is 1.33 bits per heavy atom. The lowest BCUT2D eigenvalue weighted by Gasteiger charge is -2.26. The Morgan fingerprint density at radius 2 is 2.13 bits per heavy atom. The molecular formula is C20H24ClN7O2. The summed E-state index contributed by atoms with van der Waals surface area (Å²) >= 11 is 6.14. The number of rotatable bonds is 5. The zero-order chi connectivity index (χ0) is 21.7. The van der Waals surface area contributed by atoms with Gasteiger partial charge in [-0.15, -0.1) is 0 Å². The molecule has 0 saturated carbocycles. The monoisotopic (exact) mass is 429 g/mol. The molecule has 1 saturated heterocycles. The molecule has 1 amide bonds. The lowest BCUT2D eigenvalue weighted by molar-refractivity contribution is 0.0600. The van der Waals surface area contributed by atoms with Crippen LogP contribution in [0.3, 0.4) is 0 Å². The number of carbonyl (C=O) groups is 1. The quantitative estimate of drug-likeness (QED) is 0.558. The van der Waals surface area contributed by atoms with Crippen LogP contribution < -0.4 is 10.5 Å². The lowest BCUT2D eigenvalue weighted by atomic mass is 10.1. The zero-order valence-corrected chi connectivity index (χ0v) is 17.8. The van der Waals surface area contributed by atoms with Gasteiger partial charge in [0.15, 0.2) is 5.82 Å². The second-order valence-electron chi connectivity index (χ2n) is 6.91. The van der Waals surface area contributed by atoms with Crippen LogP contribution in [0, 0.1) is 19.3 Å². The molecule has 3 rings (SSSR count). The van der Waals surface area contributed by atoms with Gasteiger partial charge in [0.25, 0.3) is 5.91 Å². The van der Waals surface area contributed by atoms with Crippen molar-refractivity contribution in [3.8, 4) is 0 Å². The summed E-state index contributed by atoms with van der Waals surface area (Å²) in [5, 5.41) is 13.1. The van der Waals surface area contributed by atoms with Crippen molar-refractivity contribution in [2.45, 2.75) is 26.8 Å². The average molecular weight is 430 g/mol. The van der Waals surface area contributed by atoms with Gasteiger partial charge < -0.3 is 10.3 Å². The first kappa shape index (κ1) is 21.7. The minimum atomic E-state index is -0.182. The van der Waals surface area contributed by atoms with Crippen LogP contribution in [-0.4, -0.2) is 58.9 Å². The maximum absolute atomic E-state index is 13.4. The molecule has 9 nitrogen and oxygen atoms in total. The van der Waals surface area contributed by atoms with Gasteiger partial charge in [0.05, 0.1) is 36.7 Å². The lowest BCUT2D eigenvalue weighted by Crippen LogP contribution is -2.41. The fourth-order valence-electron chi connectivity index (χ4n) is 3.17. The van der Waals surface area contributed by atoms with E-state index in [-0.39, 0.29) is 11.9 Å².